The van der Waals surface area contributed by atoms with Gasteiger partial charge in [0.15, 0.2) is 5.69 Å². The Kier molecular flexibility index (Phi) is 2.80. The molecule has 1 heterocycles. The van der Waals surface area contributed by atoms with Crippen LogP contribution in [0, 0.1) is 11.3 Å². The molecule has 5 nitrogen and oxygen atoms in total. The van der Waals surface area contributed by atoms with Crippen molar-refractivity contribution in [3.05, 3.63) is 23.0 Å². The predicted octanol–water partition coefficient (Wildman–Crippen LogP) is 1.17. The number of hydrogen-bond acceptors (Lipinski definition) is 4. The van der Waals surface area contributed by atoms with E-state index in [2.05, 4.69) is 4.98 Å². The summed E-state index contributed by atoms with van der Waals surface area (Å²) < 4.78 is 24.6. The lowest BCUT2D eigenvalue weighted by Gasteiger charge is -2.05. The summed E-state index contributed by atoms with van der Waals surface area (Å²) in [6, 6.07) is 2.22. The van der Waals surface area contributed by atoms with Crippen molar-refractivity contribution in [2.75, 3.05) is 5.73 Å². The molecule has 0 spiro atoms. The molecule has 0 atom stereocenters. The second-order valence-corrected chi connectivity index (χ2v) is 2.58. The lowest BCUT2D eigenvalue weighted by molar-refractivity contribution is 0.0695. The van der Waals surface area contributed by atoms with Crippen molar-refractivity contribution in [2.24, 2.45) is 0 Å². The van der Waals surface area contributed by atoms with E-state index in [1.165, 1.54) is 6.07 Å². The maximum atomic E-state index is 12.3. The van der Waals surface area contributed by atoms with E-state index in [0.717, 1.165) is 6.07 Å². The first-order valence-electron chi connectivity index (χ1n) is 3.69. The summed E-state index contributed by atoms with van der Waals surface area (Å²) in [5, 5.41) is 17.1. The quantitative estimate of drug-likeness (QED) is 0.767. The number of nitrogens with two attached hydrogens (primary N) is 1. The Hall–Kier alpha value is -2.23. The molecular weight excluding hydrogens is 208 g/mol. The Morgan fingerprint density at radius 2 is 2.27 bits per heavy atom. The van der Waals surface area contributed by atoms with Gasteiger partial charge in [0.2, 0.25) is 0 Å². The average Bonchev–Trinajstić information content (AvgIpc) is 2.16. The third kappa shape index (κ3) is 1.99. The molecule has 1 aromatic rings. The number of alkyl halides is 2. The second-order valence-electron chi connectivity index (χ2n) is 2.58. The van der Waals surface area contributed by atoms with Gasteiger partial charge in [-0.05, 0) is 6.07 Å². The van der Waals surface area contributed by atoms with Crippen LogP contribution in [0.3, 0.4) is 0 Å². The van der Waals surface area contributed by atoms with E-state index in [0.29, 0.717) is 0 Å². The van der Waals surface area contributed by atoms with E-state index in [1.807, 2.05) is 0 Å². The third-order valence-corrected chi connectivity index (χ3v) is 1.63. The fraction of sp³-hybridized carbons (Fsp3) is 0.125. The third-order valence-electron chi connectivity index (χ3n) is 1.63. The lowest BCUT2D eigenvalue weighted by atomic mass is 10.1. The van der Waals surface area contributed by atoms with Crippen LogP contribution in [0.2, 0.25) is 0 Å². The molecule has 0 aliphatic carbocycles. The molecule has 0 bridgehead atoms. The summed E-state index contributed by atoms with van der Waals surface area (Å²) in [4.78, 5) is 13.8. The summed E-state index contributed by atoms with van der Waals surface area (Å²) in [5.74, 6) is -1.44. The number of rotatable bonds is 2. The van der Waals surface area contributed by atoms with Crippen LogP contribution in [-0.2, 0) is 0 Å². The van der Waals surface area contributed by atoms with Crippen molar-refractivity contribution in [3.63, 3.8) is 0 Å². The van der Waals surface area contributed by atoms with Crippen LogP contribution < -0.4 is 5.73 Å². The van der Waals surface area contributed by atoms with E-state index in [-0.39, 0.29) is 0 Å². The largest absolute Gasteiger partial charge is 0.478 e. The first-order chi connectivity index (χ1) is 6.97. The molecule has 0 fully saturated rings. The van der Waals surface area contributed by atoms with Gasteiger partial charge in [-0.2, -0.15) is 5.26 Å². The van der Waals surface area contributed by atoms with Gasteiger partial charge < -0.3 is 10.8 Å². The number of nitrogens with zero attached hydrogens (tertiary/aromatic N) is 2. The van der Waals surface area contributed by atoms with Crippen molar-refractivity contribution < 1.29 is 18.7 Å². The van der Waals surface area contributed by atoms with E-state index < -0.39 is 35.0 Å². The highest BCUT2D eigenvalue weighted by molar-refractivity contribution is 5.91. The van der Waals surface area contributed by atoms with Crippen molar-refractivity contribution in [1.82, 2.24) is 4.98 Å². The number of nitrogen functional groups attached to an aromatic ring is 1. The highest BCUT2D eigenvalue weighted by Gasteiger charge is 2.20. The molecular formula is C8H5F2N3O2. The maximum absolute atomic E-state index is 12.3. The lowest BCUT2D eigenvalue weighted by Crippen LogP contribution is -2.08. The fourth-order valence-corrected chi connectivity index (χ4v) is 0.966. The molecule has 15 heavy (non-hydrogen) atoms. The fourth-order valence-electron chi connectivity index (χ4n) is 0.966. The van der Waals surface area contributed by atoms with Crippen LogP contribution in [0.5, 0.6) is 0 Å². The Morgan fingerprint density at radius 3 is 2.67 bits per heavy atom. The van der Waals surface area contributed by atoms with Gasteiger partial charge in [-0.25, -0.2) is 18.6 Å². The van der Waals surface area contributed by atoms with Gasteiger partial charge in [-0.1, -0.05) is 0 Å². The zero-order valence-corrected chi connectivity index (χ0v) is 7.24. The van der Waals surface area contributed by atoms with Gasteiger partial charge in [0, 0.05) is 0 Å². The minimum atomic E-state index is -2.94. The van der Waals surface area contributed by atoms with Gasteiger partial charge >= 0.3 is 5.97 Å². The number of carbonyl (C=O) groups is 1. The topological polar surface area (TPSA) is 100 Å². The van der Waals surface area contributed by atoms with Crippen LogP contribution in [-0.4, -0.2) is 16.1 Å². The van der Waals surface area contributed by atoms with Crippen LogP contribution in [0.1, 0.15) is 28.2 Å². The van der Waals surface area contributed by atoms with Crippen LogP contribution in [0.15, 0.2) is 6.07 Å². The van der Waals surface area contributed by atoms with Gasteiger partial charge in [-0.15, -0.1) is 0 Å². The molecule has 0 radical (unpaired) electrons. The number of anilines is 1. The summed E-state index contributed by atoms with van der Waals surface area (Å²) in [6.45, 7) is 0. The monoisotopic (exact) mass is 213 g/mol. The Bertz CT molecular complexity index is 454. The summed E-state index contributed by atoms with van der Waals surface area (Å²) >= 11 is 0. The SMILES string of the molecule is N#Cc1nc(C(F)F)c(N)cc1C(=O)O. The molecule has 1 aromatic heterocycles. The van der Waals surface area contributed by atoms with Crippen molar-refractivity contribution in [2.45, 2.75) is 6.43 Å². The van der Waals surface area contributed by atoms with Crippen molar-refractivity contribution >= 4 is 11.7 Å². The normalized spacial score (nSPS) is 10.0. The van der Waals surface area contributed by atoms with Crippen LogP contribution in [0.4, 0.5) is 14.5 Å². The number of hydrogen-bond donors (Lipinski definition) is 2. The molecule has 0 saturated carbocycles. The Labute approximate surface area is 82.8 Å². The van der Waals surface area contributed by atoms with Gasteiger partial charge in [0.1, 0.15) is 11.8 Å². The number of nitriles is 1. The number of carboxylic acids is 1. The zero-order chi connectivity index (χ0) is 11.6. The highest BCUT2D eigenvalue weighted by Crippen LogP contribution is 2.24. The molecule has 0 aliphatic rings. The summed E-state index contributed by atoms with van der Waals surface area (Å²) in [5.41, 5.74) is 2.88. The molecule has 1 rings (SSSR count). The van der Waals surface area contributed by atoms with E-state index in [9.17, 15) is 13.6 Å². The Morgan fingerprint density at radius 1 is 1.67 bits per heavy atom. The molecule has 7 heteroatoms. The average molecular weight is 213 g/mol. The predicted molar refractivity (Wildman–Crippen MR) is 45.3 cm³/mol. The molecule has 0 saturated heterocycles. The summed E-state index contributed by atoms with van der Waals surface area (Å²) in [7, 11) is 0. The first kappa shape index (κ1) is 10.8. The highest BCUT2D eigenvalue weighted by atomic mass is 19.3. The molecule has 0 aliphatic heterocycles. The van der Waals surface area contributed by atoms with E-state index in [4.69, 9.17) is 16.1 Å². The molecule has 78 valence electrons. The van der Waals surface area contributed by atoms with Crippen molar-refractivity contribution in [1.29, 1.82) is 5.26 Å². The van der Waals surface area contributed by atoms with E-state index in [1.54, 1.807) is 0 Å². The van der Waals surface area contributed by atoms with Gasteiger partial charge in [0.25, 0.3) is 6.43 Å². The smallest absolute Gasteiger partial charge is 0.338 e. The van der Waals surface area contributed by atoms with Gasteiger partial charge in [0.05, 0.1) is 11.3 Å². The number of pyridine rings is 1. The number of halogens is 2. The molecule has 3 N–H and O–H groups in total. The maximum Gasteiger partial charge on any atom is 0.338 e. The van der Waals surface area contributed by atoms with Crippen LogP contribution >= 0.6 is 0 Å². The van der Waals surface area contributed by atoms with Crippen LogP contribution in [0.25, 0.3) is 0 Å². The van der Waals surface area contributed by atoms with E-state index >= 15 is 0 Å². The minimum absolute atomic E-state index is 0.443. The number of aromatic carboxylic acids is 1. The zero-order valence-electron chi connectivity index (χ0n) is 7.24. The Balaban J connectivity index is 3.44. The standard InChI is InChI=1S/C8H5F2N3O2/c9-7(10)6-4(12)1-3(8(14)15)5(2-11)13-6/h1,7H,12H2,(H,14,15). The molecule has 0 aromatic carbocycles. The van der Waals surface area contributed by atoms with Gasteiger partial charge in [-0.3, -0.25) is 0 Å². The summed E-state index contributed by atoms with van der Waals surface area (Å²) in [6.07, 6.45) is -2.94. The number of aromatic nitrogens is 1. The minimum Gasteiger partial charge on any atom is -0.478 e. The number of carboxylic acid groups (broad SMARTS) is 1. The molecule has 0 unspecified atom stereocenters. The van der Waals surface area contributed by atoms with Crippen molar-refractivity contribution in [3.8, 4) is 6.07 Å². The second kappa shape index (κ2) is 3.88. The first-order valence-corrected chi connectivity index (χ1v) is 3.69. The molecule has 0 amide bonds.